The number of rotatable bonds is 10. The van der Waals surface area contributed by atoms with E-state index < -0.39 is 5.92 Å². The van der Waals surface area contributed by atoms with Gasteiger partial charge in [-0.15, -0.1) is 0 Å². The molecule has 0 aliphatic heterocycles. The highest BCUT2D eigenvalue weighted by Gasteiger charge is 2.23. The number of carbonyl (C=O) groups is 1. The van der Waals surface area contributed by atoms with Crippen LogP contribution >= 0.6 is 0 Å². The van der Waals surface area contributed by atoms with Crippen molar-refractivity contribution in [2.75, 3.05) is 39.3 Å². The number of carbonyl (C=O) groups excluding carboxylic acids is 1. The molecule has 0 aliphatic rings. The lowest BCUT2D eigenvalue weighted by Crippen LogP contribution is -2.29. The van der Waals surface area contributed by atoms with Gasteiger partial charge in [-0.25, -0.2) is 0 Å². The summed E-state index contributed by atoms with van der Waals surface area (Å²) in [5, 5.41) is 0. The summed E-state index contributed by atoms with van der Waals surface area (Å²) in [4.78, 5) is 14.4. The third-order valence-electron chi connectivity index (χ3n) is 4.62. The van der Waals surface area contributed by atoms with Crippen LogP contribution in [0, 0.1) is 0 Å². The molecule has 0 fully saturated rings. The van der Waals surface area contributed by atoms with Crippen LogP contribution in [0.2, 0.25) is 0 Å². The van der Waals surface area contributed by atoms with E-state index in [0.717, 1.165) is 17.8 Å². The third kappa shape index (κ3) is 4.84. The Bertz CT molecular complexity index is 724. The van der Waals surface area contributed by atoms with E-state index in [2.05, 4.69) is 24.0 Å². The number of amides is 1. The highest BCUT2D eigenvalue weighted by molar-refractivity contribution is 5.82. The fourth-order valence-electron chi connectivity index (χ4n) is 3.17. The fourth-order valence-corrected chi connectivity index (χ4v) is 3.17. The van der Waals surface area contributed by atoms with E-state index >= 15 is 0 Å². The Balaban J connectivity index is 2.28. The average Bonchev–Trinajstić information content (AvgIpc) is 2.70. The van der Waals surface area contributed by atoms with Gasteiger partial charge >= 0.3 is 0 Å². The van der Waals surface area contributed by atoms with Crippen LogP contribution in [0.15, 0.2) is 42.5 Å². The predicted octanol–water partition coefficient (Wildman–Crippen LogP) is 3.20. The summed E-state index contributed by atoms with van der Waals surface area (Å²) in [6, 6.07) is 13.7. The number of para-hydroxylation sites is 1. The van der Waals surface area contributed by atoms with Crippen LogP contribution < -0.4 is 24.8 Å². The number of hydrogen-bond acceptors (Lipinski definition) is 5. The first-order valence-electron chi connectivity index (χ1n) is 8.94. The van der Waals surface area contributed by atoms with Crippen molar-refractivity contribution >= 4 is 11.6 Å². The van der Waals surface area contributed by atoms with Gasteiger partial charge < -0.3 is 24.8 Å². The lowest BCUT2D eigenvalue weighted by molar-refractivity contribution is -0.119. The first-order chi connectivity index (χ1) is 13.0. The third-order valence-corrected chi connectivity index (χ3v) is 4.62. The maximum absolute atomic E-state index is 12.2. The van der Waals surface area contributed by atoms with Gasteiger partial charge in [0.25, 0.3) is 0 Å². The summed E-state index contributed by atoms with van der Waals surface area (Å²) in [7, 11) is 4.65. The Morgan fingerprint density at radius 1 is 1.04 bits per heavy atom. The number of hydrogen-bond donors (Lipinski definition) is 1. The standard InChI is InChI=1S/C21H28N2O4/c1-5-23(16-9-7-6-8-10-16)12-11-17(21(22)24)15-13-18(25-2)20(27-4)19(14-15)26-3/h6-10,13-14,17H,5,11-12H2,1-4H3,(H2,22,24). The summed E-state index contributed by atoms with van der Waals surface area (Å²) < 4.78 is 16.1. The van der Waals surface area contributed by atoms with Crippen molar-refractivity contribution in [3.05, 3.63) is 48.0 Å². The van der Waals surface area contributed by atoms with Gasteiger partial charge in [0.2, 0.25) is 11.7 Å². The highest BCUT2D eigenvalue weighted by atomic mass is 16.5. The smallest absolute Gasteiger partial charge is 0.225 e. The number of nitrogens with two attached hydrogens (primary N) is 1. The van der Waals surface area contributed by atoms with E-state index in [1.165, 1.54) is 0 Å². The van der Waals surface area contributed by atoms with Crippen molar-refractivity contribution in [1.29, 1.82) is 0 Å². The molecule has 0 bridgehead atoms. The number of nitrogens with zero attached hydrogens (tertiary/aromatic N) is 1. The van der Waals surface area contributed by atoms with Crippen LogP contribution in [0.1, 0.15) is 24.8 Å². The van der Waals surface area contributed by atoms with Crippen LogP contribution in [-0.2, 0) is 4.79 Å². The van der Waals surface area contributed by atoms with E-state index in [9.17, 15) is 4.79 Å². The van der Waals surface area contributed by atoms with Gasteiger partial charge in [-0.3, -0.25) is 4.79 Å². The largest absolute Gasteiger partial charge is 0.493 e. The molecule has 1 unspecified atom stereocenters. The van der Waals surface area contributed by atoms with Gasteiger partial charge in [0.1, 0.15) is 0 Å². The van der Waals surface area contributed by atoms with E-state index in [0.29, 0.717) is 30.2 Å². The summed E-state index contributed by atoms with van der Waals surface area (Å²) in [5.41, 5.74) is 7.59. The molecule has 146 valence electrons. The number of ether oxygens (including phenoxy) is 3. The molecular weight excluding hydrogens is 344 g/mol. The van der Waals surface area contributed by atoms with Gasteiger partial charge in [-0.1, -0.05) is 18.2 Å². The normalized spacial score (nSPS) is 11.6. The molecule has 0 saturated heterocycles. The SMILES string of the molecule is CCN(CCC(C(N)=O)c1cc(OC)c(OC)c(OC)c1)c1ccccc1. The molecule has 0 aliphatic carbocycles. The van der Waals surface area contributed by atoms with E-state index in [-0.39, 0.29) is 5.91 Å². The number of benzene rings is 2. The predicted molar refractivity (Wildman–Crippen MR) is 107 cm³/mol. The summed E-state index contributed by atoms with van der Waals surface area (Å²) >= 11 is 0. The molecule has 0 aromatic heterocycles. The Kier molecular flexibility index (Phi) is 7.34. The van der Waals surface area contributed by atoms with Crippen LogP contribution in [0.5, 0.6) is 17.2 Å². The molecule has 1 amide bonds. The van der Waals surface area contributed by atoms with Gasteiger partial charge in [0.15, 0.2) is 11.5 Å². The Morgan fingerprint density at radius 3 is 2.07 bits per heavy atom. The first-order valence-corrected chi connectivity index (χ1v) is 8.94. The molecule has 2 rings (SSSR count). The second-order valence-electron chi connectivity index (χ2n) is 6.12. The average molecular weight is 372 g/mol. The minimum atomic E-state index is -0.462. The zero-order valence-corrected chi connectivity index (χ0v) is 16.4. The van der Waals surface area contributed by atoms with Crippen LogP contribution in [0.25, 0.3) is 0 Å². The second-order valence-corrected chi connectivity index (χ2v) is 6.12. The maximum Gasteiger partial charge on any atom is 0.225 e. The quantitative estimate of drug-likeness (QED) is 0.693. The molecule has 0 saturated carbocycles. The highest BCUT2D eigenvalue weighted by Crippen LogP contribution is 2.40. The van der Waals surface area contributed by atoms with Crippen molar-refractivity contribution in [3.63, 3.8) is 0 Å². The summed E-state index contributed by atoms with van der Waals surface area (Å²) in [6.45, 7) is 3.63. The molecule has 0 radical (unpaired) electrons. The first kappa shape index (κ1) is 20.4. The Morgan fingerprint density at radius 2 is 1.63 bits per heavy atom. The molecule has 6 heteroatoms. The second kappa shape index (κ2) is 9.71. The number of methoxy groups -OCH3 is 3. The van der Waals surface area contributed by atoms with Crippen molar-refractivity contribution in [2.24, 2.45) is 5.73 Å². The zero-order valence-electron chi connectivity index (χ0n) is 16.4. The Hall–Kier alpha value is -2.89. The topological polar surface area (TPSA) is 74.0 Å². The summed E-state index contributed by atoms with van der Waals surface area (Å²) in [5.74, 6) is 0.665. The lowest BCUT2D eigenvalue weighted by atomic mass is 9.94. The molecule has 2 aromatic carbocycles. The van der Waals surface area contributed by atoms with Crippen LogP contribution in [-0.4, -0.2) is 40.3 Å². The summed E-state index contributed by atoms with van der Waals surface area (Å²) in [6.07, 6.45) is 0.580. The maximum atomic E-state index is 12.2. The molecular formula is C21H28N2O4. The van der Waals surface area contributed by atoms with Crippen molar-refractivity contribution < 1.29 is 19.0 Å². The number of primary amides is 1. The molecule has 0 spiro atoms. The fraction of sp³-hybridized carbons (Fsp3) is 0.381. The Labute approximate surface area is 160 Å². The minimum absolute atomic E-state index is 0.381. The van der Waals surface area contributed by atoms with Crippen LogP contribution in [0.3, 0.4) is 0 Å². The molecule has 1 atom stereocenters. The molecule has 2 N–H and O–H groups in total. The van der Waals surface area contributed by atoms with E-state index in [1.807, 2.05) is 18.2 Å². The van der Waals surface area contributed by atoms with Gasteiger partial charge in [-0.05, 0) is 43.2 Å². The molecule has 2 aromatic rings. The minimum Gasteiger partial charge on any atom is -0.493 e. The molecule has 6 nitrogen and oxygen atoms in total. The van der Waals surface area contributed by atoms with Crippen molar-refractivity contribution in [1.82, 2.24) is 0 Å². The zero-order chi connectivity index (χ0) is 19.8. The molecule has 27 heavy (non-hydrogen) atoms. The van der Waals surface area contributed by atoms with Crippen LogP contribution in [0.4, 0.5) is 5.69 Å². The van der Waals surface area contributed by atoms with Gasteiger partial charge in [-0.2, -0.15) is 0 Å². The molecule has 0 heterocycles. The van der Waals surface area contributed by atoms with Crippen molar-refractivity contribution in [3.8, 4) is 17.2 Å². The number of anilines is 1. The van der Waals surface area contributed by atoms with E-state index in [1.54, 1.807) is 33.5 Å². The van der Waals surface area contributed by atoms with Gasteiger partial charge in [0.05, 0.1) is 27.2 Å². The lowest BCUT2D eigenvalue weighted by Gasteiger charge is -2.25. The monoisotopic (exact) mass is 372 g/mol. The van der Waals surface area contributed by atoms with E-state index in [4.69, 9.17) is 19.9 Å². The van der Waals surface area contributed by atoms with Crippen molar-refractivity contribution in [2.45, 2.75) is 19.3 Å². The van der Waals surface area contributed by atoms with Gasteiger partial charge in [0, 0.05) is 18.8 Å².